The molecule has 1 aromatic rings. The van der Waals surface area contributed by atoms with Gasteiger partial charge >= 0.3 is 0 Å². The molecule has 0 aromatic heterocycles. The van der Waals surface area contributed by atoms with E-state index in [4.69, 9.17) is 0 Å². The minimum absolute atomic E-state index is 0.188. The number of hydrogen-bond donors (Lipinski definition) is 1. The van der Waals surface area contributed by atoms with Gasteiger partial charge in [0.05, 0.1) is 6.10 Å². The van der Waals surface area contributed by atoms with E-state index < -0.39 is 0 Å². The van der Waals surface area contributed by atoms with Crippen LogP contribution in [-0.4, -0.2) is 29.2 Å². The Bertz CT molecular complexity index is 336. The van der Waals surface area contributed by atoms with Crippen LogP contribution in [0, 0.1) is 11.7 Å². The largest absolute Gasteiger partial charge is 0.393 e. The Balaban J connectivity index is 1.89. The van der Waals surface area contributed by atoms with Crippen LogP contribution in [0.15, 0.2) is 24.3 Å². The van der Waals surface area contributed by atoms with E-state index in [1.807, 2.05) is 19.1 Å². The van der Waals surface area contributed by atoms with Crippen molar-refractivity contribution in [3.8, 4) is 0 Å². The van der Waals surface area contributed by atoms with Gasteiger partial charge in [-0.3, -0.25) is 4.90 Å². The number of likely N-dealkylation sites (tertiary alicyclic amines) is 1. The molecular weight excluding hydrogens is 205 g/mol. The highest BCUT2D eigenvalue weighted by Crippen LogP contribution is 2.21. The average molecular weight is 223 g/mol. The lowest BCUT2D eigenvalue weighted by Gasteiger charge is -2.17. The molecule has 3 heteroatoms. The van der Waals surface area contributed by atoms with E-state index in [2.05, 4.69) is 4.90 Å². The van der Waals surface area contributed by atoms with Crippen molar-refractivity contribution in [2.24, 2.45) is 5.92 Å². The van der Waals surface area contributed by atoms with Crippen LogP contribution in [0.5, 0.6) is 0 Å². The second-order valence-electron chi connectivity index (χ2n) is 4.65. The van der Waals surface area contributed by atoms with Gasteiger partial charge in [-0.15, -0.1) is 0 Å². The van der Waals surface area contributed by atoms with Gasteiger partial charge in [-0.1, -0.05) is 12.1 Å². The van der Waals surface area contributed by atoms with Gasteiger partial charge in [0, 0.05) is 13.1 Å². The molecular formula is C13H18FNO. The highest BCUT2D eigenvalue weighted by atomic mass is 19.1. The lowest BCUT2D eigenvalue weighted by molar-refractivity contribution is 0.127. The van der Waals surface area contributed by atoms with Gasteiger partial charge in [-0.2, -0.15) is 0 Å². The summed E-state index contributed by atoms with van der Waals surface area (Å²) >= 11 is 0. The third kappa shape index (κ3) is 2.80. The molecule has 1 aliphatic rings. The third-order valence-electron chi connectivity index (χ3n) is 3.31. The number of halogens is 1. The van der Waals surface area contributed by atoms with Gasteiger partial charge in [-0.25, -0.2) is 4.39 Å². The highest BCUT2D eigenvalue weighted by molar-refractivity contribution is 5.16. The molecule has 2 nitrogen and oxygen atoms in total. The first-order valence-electron chi connectivity index (χ1n) is 5.80. The van der Waals surface area contributed by atoms with Crippen molar-refractivity contribution in [1.82, 2.24) is 4.90 Å². The van der Waals surface area contributed by atoms with Crippen molar-refractivity contribution in [2.45, 2.75) is 26.0 Å². The SMILES string of the molecule is CC(O)C1CCN(Cc2ccc(F)cc2)C1. The third-order valence-corrected chi connectivity index (χ3v) is 3.31. The van der Waals surface area contributed by atoms with E-state index in [1.165, 1.54) is 12.1 Å². The summed E-state index contributed by atoms with van der Waals surface area (Å²) < 4.78 is 12.7. The van der Waals surface area contributed by atoms with Crippen LogP contribution in [0.25, 0.3) is 0 Å². The molecule has 0 saturated carbocycles. The van der Waals surface area contributed by atoms with Gasteiger partial charge in [0.1, 0.15) is 5.82 Å². The Labute approximate surface area is 95.7 Å². The quantitative estimate of drug-likeness (QED) is 0.847. The van der Waals surface area contributed by atoms with E-state index >= 15 is 0 Å². The topological polar surface area (TPSA) is 23.5 Å². The minimum atomic E-state index is -0.224. The molecule has 2 atom stereocenters. The molecule has 0 amide bonds. The lowest BCUT2D eigenvalue weighted by Crippen LogP contribution is -2.23. The van der Waals surface area contributed by atoms with Gasteiger partial charge in [0.15, 0.2) is 0 Å². The van der Waals surface area contributed by atoms with Gasteiger partial charge in [-0.05, 0) is 43.5 Å². The van der Waals surface area contributed by atoms with Crippen LogP contribution in [0.3, 0.4) is 0 Å². The monoisotopic (exact) mass is 223 g/mol. The molecule has 0 bridgehead atoms. The van der Waals surface area contributed by atoms with E-state index in [9.17, 15) is 9.50 Å². The fourth-order valence-electron chi connectivity index (χ4n) is 2.25. The molecule has 0 aliphatic carbocycles. The summed E-state index contributed by atoms with van der Waals surface area (Å²) in [6.07, 6.45) is 0.831. The van der Waals surface area contributed by atoms with Gasteiger partial charge in [0.2, 0.25) is 0 Å². The first-order valence-corrected chi connectivity index (χ1v) is 5.80. The summed E-state index contributed by atoms with van der Waals surface area (Å²) in [5, 5.41) is 9.50. The maximum atomic E-state index is 12.7. The first-order chi connectivity index (χ1) is 7.65. The molecule has 1 aromatic carbocycles. The summed E-state index contributed by atoms with van der Waals surface area (Å²) in [7, 11) is 0. The molecule has 1 fully saturated rings. The average Bonchev–Trinajstić information content (AvgIpc) is 2.70. The zero-order valence-corrected chi connectivity index (χ0v) is 9.56. The normalized spacial score (nSPS) is 23.6. The number of aliphatic hydroxyl groups excluding tert-OH is 1. The number of hydrogen-bond acceptors (Lipinski definition) is 2. The van der Waals surface area contributed by atoms with E-state index in [0.717, 1.165) is 31.6 Å². The first kappa shape index (κ1) is 11.6. The molecule has 1 heterocycles. The number of rotatable bonds is 3. The van der Waals surface area contributed by atoms with Crippen molar-refractivity contribution in [3.63, 3.8) is 0 Å². The Kier molecular flexibility index (Phi) is 3.56. The van der Waals surface area contributed by atoms with E-state index in [0.29, 0.717) is 5.92 Å². The van der Waals surface area contributed by atoms with Gasteiger partial charge in [0.25, 0.3) is 0 Å². The van der Waals surface area contributed by atoms with Crippen LogP contribution in [0.1, 0.15) is 18.9 Å². The summed E-state index contributed by atoms with van der Waals surface area (Å²) in [5.41, 5.74) is 1.13. The number of benzene rings is 1. The highest BCUT2D eigenvalue weighted by Gasteiger charge is 2.25. The van der Waals surface area contributed by atoms with Crippen molar-refractivity contribution < 1.29 is 9.50 Å². The standard InChI is InChI=1S/C13H18FNO/c1-10(16)12-6-7-15(9-12)8-11-2-4-13(14)5-3-11/h2-5,10,12,16H,6-9H2,1H3. The van der Waals surface area contributed by atoms with Crippen molar-refractivity contribution in [1.29, 1.82) is 0 Å². The Morgan fingerprint density at radius 1 is 1.44 bits per heavy atom. The molecule has 0 radical (unpaired) electrons. The number of aliphatic hydroxyl groups is 1. The predicted molar refractivity (Wildman–Crippen MR) is 61.5 cm³/mol. The lowest BCUT2D eigenvalue weighted by atomic mass is 10.0. The molecule has 0 spiro atoms. The molecule has 2 unspecified atom stereocenters. The van der Waals surface area contributed by atoms with Crippen LogP contribution < -0.4 is 0 Å². The molecule has 16 heavy (non-hydrogen) atoms. The van der Waals surface area contributed by atoms with E-state index in [1.54, 1.807) is 0 Å². The molecule has 1 N–H and O–H groups in total. The Morgan fingerprint density at radius 2 is 2.12 bits per heavy atom. The Hall–Kier alpha value is -0.930. The van der Waals surface area contributed by atoms with Crippen LogP contribution in [0.4, 0.5) is 4.39 Å². The predicted octanol–water partition coefficient (Wildman–Crippen LogP) is 2.03. The summed E-state index contributed by atoms with van der Waals surface area (Å²) in [6, 6.07) is 6.64. The fourth-order valence-corrected chi connectivity index (χ4v) is 2.25. The maximum absolute atomic E-state index is 12.7. The maximum Gasteiger partial charge on any atom is 0.123 e. The molecule has 1 saturated heterocycles. The van der Waals surface area contributed by atoms with Crippen LogP contribution >= 0.6 is 0 Å². The fraction of sp³-hybridized carbons (Fsp3) is 0.538. The second kappa shape index (κ2) is 4.93. The van der Waals surface area contributed by atoms with Crippen molar-refractivity contribution in [2.75, 3.05) is 13.1 Å². The Morgan fingerprint density at radius 3 is 2.69 bits per heavy atom. The zero-order chi connectivity index (χ0) is 11.5. The summed E-state index contributed by atoms with van der Waals surface area (Å²) in [5.74, 6) is 0.201. The van der Waals surface area contributed by atoms with Crippen molar-refractivity contribution >= 4 is 0 Å². The van der Waals surface area contributed by atoms with Crippen molar-refractivity contribution in [3.05, 3.63) is 35.6 Å². The zero-order valence-electron chi connectivity index (χ0n) is 9.56. The van der Waals surface area contributed by atoms with E-state index in [-0.39, 0.29) is 11.9 Å². The number of nitrogens with zero attached hydrogens (tertiary/aromatic N) is 1. The summed E-state index contributed by atoms with van der Waals surface area (Å²) in [6.45, 7) is 4.66. The van der Waals surface area contributed by atoms with Crippen LogP contribution in [-0.2, 0) is 6.54 Å². The summed E-state index contributed by atoms with van der Waals surface area (Å²) in [4.78, 5) is 2.31. The smallest absolute Gasteiger partial charge is 0.123 e. The van der Waals surface area contributed by atoms with Crippen LogP contribution in [0.2, 0.25) is 0 Å². The van der Waals surface area contributed by atoms with Gasteiger partial charge < -0.3 is 5.11 Å². The molecule has 88 valence electrons. The second-order valence-corrected chi connectivity index (χ2v) is 4.65. The molecule has 2 rings (SSSR count). The minimum Gasteiger partial charge on any atom is -0.393 e. The molecule has 1 aliphatic heterocycles.